The number of hydrogen-bond donors (Lipinski definition) is 2. The van der Waals surface area contributed by atoms with Crippen molar-refractivity contribution in [2.75, 3.05) is 20.2 Å². The molecule has 0 aromatic heterocycles. The maximum atomic E-state index is 13.3. The lowest BCUT2D eigenvalue weighted by molar-refractivity contribution is -0.0171. The molecule has 1 fully saturated rings. The molecular weight excluding hydrogens is 204 g/mol. The van der Waals surface area contributed by atoms with Gasteiger partial charge in [0.15, 0.2) is 11.6 Å². The lowest BCUT2D eigenvalue weighted by atomic mass is 9.87. The van der Waals surface area contributed by atoms with Crippen molar-refractivity contribution in [2.24, 2.45) is 0 Å². The Labute approximate surface area is 85.7 Å². The van der Waals surface area contributed by atoms with Gasteiger partial charge in [0.25, 0.3) is 0 Å². The van der Waals surface area contributed by atoms with E-state index in [2.05, 4.69) is 5.32 Å². The fourth-order valence-electron chi connectivity index (χ4n) is 1.67. The molecule has 0 amide bonds. The maximum Gasteiger partial charge on any atom is 0.168 e. The Morgan fingerprint density at radius 1 is 1.40 bits per heavy atom. The molecule has 1 aliphatic heterocycles. The highest BCUT2D eigenvalue weighted by Crippen LogP contribution is 2.35. The van der Waals surface area contributed by atoms with Crippen LogP contribution in [0.4, 0.5) is 8.78 Å². The second-order valence-corrected chi connectivity index (χ2v) is 3.60. The largest absolute Gasteiger partial charge is 0.493 e. The number of rotatable bonds is 2. The van der Waals surface area contributed by atoms with Gasteiger partial charge in [0, 0.05) is 24.7 Å². The molecule has 2 rings (SSSR count). The highest BCUT2D eigenvalue weighted by molar-refractivity contribution is 5.41. The minimum Gasteiger partial charge on any atom is -0.493 e. The number of β-amino-alcohol motifs (C(OH)–C–C–N with tert-alkyl or cyclic N) is 1. The average Bonchev–Trinajstić information content (AvgIpc) is 2.13. The van der Waals surface area contributed by atoms with Crippen LogP contribution in [0.5, 0.6) is 5.75 Å². The predicted octanol–water partition coefficient (Wildman–Crippen LogP) is 0.764. The van der Waals surface area contributed by atoms with Gasteiger partial charge in [-0.3, -0.25) is 0 Å². The zero-order valence-corrected chi connectivity index (χ0v) is 8.18. The number of aliphatic hydroxyl groups is 1. The standard InChI is InChI=1S/C10H11F2NO2/c1-15-9-7(10(14)4-13-5-10)2-6(11)3-8(9)12/h2-3,13-14H,4-5H2,1H3. The summed E-state index contributed by atoms with van der Waals surface area (Å²) in [5.41, 5.74) is -1.07. The molecule has 82 valence electrons. The minimum atomic E-state index is -1.23. The fraction of sp³-hybridized carbons (Fsp3) is 0.400. The third kappa shape index (κ3) is 1.57. The van der Waals surface area contributed by atoms with Crippen LogP contribution in [-0.4, -0.2) is 25.3 Å². The molecule has 0 spiro atoms. The molecule has 3 nitrogen and oxygen atoms in total. The summed E-state index contributed by atoms with van der Waals surface area (Å²) in [6.45, 7) is 0.540. The van der Waals surface area contributed by atoms with Gasteiger partial charge in [-0.15, -0.1) is 0 Å². The van der Waals surface area contributed by atoms with E-state index in [4.69, 9.17) is 4.74 Å². The van der Waals surface area contributed by atoms with Crippen LogP contribution >= 0.6 is 0 Å². The highest BCUT2D eigenvalue weighted by Gasteiger charge is 2.39. The Morgan fingerprint density at radius 2 is 2.07 bits per heavy atom. The van der Waals surface area contributed by atoms with Gasteiger partial charge in [-0.1, -0.05) is 0 Å². The second-order valence-electron chi connectivity index (χ2n) is 3.60. The molecule has 2 N–H and O–H groups in total. The Balaban J connectivity index is 2.53. The van der Waals surface area contributed by atoms with Crippen LogP contribution in [-0.2, 0) is 5.60 Å². The van der Waals surface area contributed by atoms with E-state index in [1.165, 1.54) is 7.11 Å². The number of ether oxygens (including phenoxy) is 1. The number of nitrogens with one attached hydrogen (secondary N) is 1. The quantitative estimate of drug-likeness (QED) is 0.765. The zero-order chi connectivity index (χ0) is 11.1. The van der Waals surface area contributed by atoms with Crippen LogP contribution in [0.1, 0.15) is 5.56 Å². The molecule has 15 heavy (non-hydrogen) atoms. The third-order valence-corrected chi connectivity index (χ3v) is 2.55. The molecule has 1 aromatic rings. The Morgan fingerprint density at radius 3 is 2.53 bits per heavy atom. The predicted molar refractivity (Wildman–Crippen MR) is 49.7 cm³/mol. The van der Waals surface area contributed by atoms with Gasteiger partial charge < -0.3 is 15.2 Å². The van der Waals surface area contributed by atoms with Crippen LogP contribution in [0.2, 0.25) is 0 Å². The molecule has 1 aliphatic rings. The first kappa shape index (κ1) is 10.3. The summed E-state index contributed by atoms with van der Waals surface area (Å²) in [5.74, 6) is -1.61. The number of benzene rings is 1. The molecule has 0 bridgehead atoms. The normalized spacial score (nSPS) is 18.4. The summed E-state index contributed by atoms with van der Waals surface area (Å²) in [4.78, 5) is 0. The van der Waals surface area contributed by atoms with E-state index in [-0.39, 0.29) is 24.4 Å². The van der Waals surface area contributed by atoms with Gasteiger partial charge in [-0.2, -0.15) is 0 Å². The zero-order valence-electron chi connectivity index (χ0n) is 8.18. The van der Waals surface area contributed by atoms with Crippen molar-refractivity contribution in [3.8, 4) is 5.75 Å². The van der Waals surface area contributed by atoms with E-state index in [1.54, 1.807) is 0 Å². The van der Waals surface area contributed by atoms with E-state index in [1.807, 2.05) is 0 Å². The first-order chi connectivity index (χ1) is 7.07. The lowest BCUT2D eigenvalue weighted by Crippen LogP contribution is -2.56. The van der Waals surface area contributed by atoms with Crippen molar-refractivity contribution in [2.45, 2.75) is 5.60 Å². The van der Waals surface area contributed by atoms with E-state index in [0.717, 1.165) is 12.1 Å². The van der Waals surface area contributed by atoms with Crippen molar-refractivity contribution in [3.05, 3.63) is 29.3 Å². The van der Waals surface area contributed by atoms with Gasteiger partial charge in [-0.05, 0) is 6.07 Å². The molecule has 0 unspecified atom stereocenters. The highest BCUT2D eigenvalue weighted by atomic mass is 19.1. The first-order valence-corrected chi connectivity index (χ1v) is 4.53. The van der Waals surface area contributed by atoms with Crippen molar-refractivity contribution >= 4 is 0 Å². The van der Waals surface area contributed by atoms with Gasteiger partial charge in [0.05, 0.1) is 7.11 Å². The maximum absolute atomic E-state index is 13.3. The van der Waals surface area contributed by atoms with E-state index in [0.29, 0.717) is 0 Å². The topological polar surface area (TPSA) is 41.5 Å². The van der Waals surface area contributed by atoms with E-state index in [9.17, 15) is 13.9 Å². The summed E-state index contributed by atoms with van der Waals surface area (Å²) in [5, 5.41) is 12.8. The van der Waals surface area contributed by atoms with Gasteiger partial charge in [0.2, 0.25) is 0 Å². The summed E-state index contributed by atoms with van der Waals surface area (Å²) >= 11 is 0. The van der Waals surface area contributed by atoms with Crippen molar-refractivity contribution < 1.29 is 18.6 Å². The molecule has 0 aliphatic carbocycles. The van der Waals surface area contributed by atoms with Crippen molar-refractivity contribution in [1.82, 2.24) is 5.32 Å². The minimum absolute atomic E-state index is 0.0969. The smallest absolute Gasteiger partial charge is 0.168 e. The fourth-order valence-corrected chi connectivity index (χ4v) is 1.67. The third-order valence-electron chi connectivity index (χ3n) is 2.55. The first-order valence-electron chi connectivity index (χ1n) is 4.53. The van der Waals surface area contributed by atoms with Gasteiger partial charge in [0.1, 0.15) is 11.4 Å². The van der Waals surface area contributed by atoms with Crippen LogP contribution in [0.3, 0.4) is 0 Å². The summed E-state index contributed by atoms with van der Waals surface area (Å²) in [7, 11) is 1.29. The van der Waals surface area contributed by atoms with Crippen molar-refractivity contribution in [1.29, 1.82) is 0 Å². The summed E-state index contributed by atoms with van der Waals surface area (Å²) < 4.78 is 31.1. The molecule has 0 radical (unpaired) electrons. The summed E-state index contributed by atoms with van der Waals surface area (Å²) in [6, 6.07) is 1.83. The van der Waals surface area contributed by atoms with Crippen LogP contribution < -0.4 is 10.1 Å². The van der Waals surface area contributed by atoms with Crippen LogP contribution in [0.25, 0.3) is 0 Å². The summed E-state index contributed by atoms with van der Waals surface area (Å²) in [6.07, 6.45) is 0. The van der Waals surface area contributed by atoms with Gasteiger partial charge >= 0.3 is 0 Å². The molecule has 1 saturated heterocycles. The molecule has 1 aromatic carbocycles. The SMILES string of the molecule is COc1c(F)cc(F)cc1C1(O)CNC1. The molecule has 5 heteroatoms. The van der Waals surface area contributed by atoms with Crippen LogP contribution in [0.15, 0.2) is 12.1 Å². The molecule has 1 heterocycles. The lowest BCUT2D eigenvalue weighted by Gasteiger charge is -2.38. The second kappa shape index (κ2) is 3.43. The molecule has 0 atom stereocenters. The van der Waals surface area contributed by atoms with Crippen molar-refractivity contribution in [3.63, 3.8) is 0 Å². The Bertz CT molecular complexity index is 391. The van der Waals surface area contributed by atoms with E-state index < -0.39 is 17.2 Å². The number of halogens is 2. The Hall–Kier alpha value is -1.20. The number of hydrogen-bond acceptors (Lipinski definition) is 3. The Kier molecular flexibility index (Phi) is 2.36. The average molecular weight is 215 g/mol. The molecular formula is C10H11F2NO2. The molecule has 0 saturated carbocycles. The van der Waals surface area contributed by atoms with Crippen LogP contribution in [0, 0.1) is 11.6 Å². The monoisotopic (exact) mass is 215 g/mol. The number of methoxy groups -OCH3 is 1. The van der Waals surface area contributed by atoms with E-state index >= 15 is 0 Å². The van der Waals surface area contributed by atoms with Gasteiger partial charge in [-0.25, -0.2) is 8.78 Å².